The van der Waals surface area contributed by atoms with E-state index >= 15 is 0 Å². The smallest absolute Gasteiger partial charge is 0.309 e. The van der Waals surface area contributed by atoms with Gasteiger partial charge < -0.3 is 9.26 Å². The van der Waals surface area contributed by atoms with Crippen LogP contribution in [-0.4, -0.2) is 36.9 Å². The maximum atomic E-state index is 12.5. The average Bonchev–Trinajstić information content (AvgIpc) is 3.24. The molecule has 0 radical (unpaired) electrons. The Bertz CT molecular complexity index is 815. The van der Waals surface area contributed by atoms with Gasteiger partial charge in [-0.25, -0.2) is 8.42 Å². The van der Waals surface area contributed by atoms with Crippen molar-refractivity contribution in [2.45, 2.75) is 37.5 Å². The third-order valence-electron chi connectivity index (χ3n) is 4.42. The minimum Gasteiger partial charge on any atom is -0.460 e. The lowest BCUT2D eigenvalue weighted by atomic mass is 9.98. The average molecular weight is 384 g/mol. The fraction of sp³-hybridized carbons (Fsp3) is 0.500. The van der Waals surface area contributed by atoms with Crippen LogP contribution >= 0.6 is 11.3 Å². The lowest BCUT2D eigenvalue weighted by Crippen LogP contribution is -2.40. The summed E-state index contributed by atoms with van der Waals surface area (Å²) in [7, 11) is -3.45. The first kappa shape index (κ1) is 18.1. The number of aromatic nitrogens is 1. The molecule has 0 aromatic carbocycles. The maximum absolute atomic E-state index is 12.5. The Morgan fingerprint density at radius 3 is 2.68 bits per heavy atom. The van der Waals surface area contributed by atoms with E-state index in [1.165, 1.54) is 15.6 Å². The molecule has 7 nitrogen and oxygen atoms in total. The van der Waals surface area contributed by atoms with Crippen LogP contribution in [0.2, 0.25) is 0 Å². The third-order valence-corrected chi connectivity index (χ3v) is 7.69. The van der Waals surface area contributed by atoms with Gasteiger partial charge in [-0.1, -0.05) is 11.2 Å². The van der Waals surface area contributed by atoms with E-state index in [1.807, 2.05) is 0 Å². The van der Waals surface area contributed by atoms with E-state index in [9.17, 15) is 13.2 Å². The number of hydrogen-bond acceptors (Lipinski definition) is 7. The van der Waals surface area contributed by atoms with Crippen LogP contribution in [0.1, 0.15) is 29.9 Å². The second-order valence-corrected chi connectivity index (χ2v) is 9.13. The molecule has 1 fully saturated rings. The predicted molar refractivity (Wildman–Crippen MR) is 91.6 cm³/mol. The SMILES string of the molecule is Cc1noc(C)c1COC(=O)C1CCN(S(=O)(=O)c2cccs2)CC1. The van der Waals surface area contributed by atoms with E-state index in [4.69, 9.17) is 9.26 Å². The molecule has 136 valence electrons. The highest BCUT2D eigenvalue weighted by atomic mass is 32.2. The molecule has 1 aliphatic heterocycles. The van der Waals surface area contributed by atoms with Gasteiger partial charge in [0.15, 0.2) is 0 Å². The summed E-state index contributed by atoms with van der Waals surface area (Å²) in [4.78, 5) is 12.3. The van der Waals surface area contributed by atoms with E-state index < -0.39 is 10.0 Å². The first-order chi connectivity index (χ1) is 11.9. The maximum Gasteiger partial charge on any atom is 0.309 e. The number of esters is 1. The number of aryl methyl sites for hydroxylation is 2. The van der Waals surface area contributed by atoms with Gasteiger partial charge in [-0.3, -0.25) is 4.79 Å². The highest BCUT2D eigenvalue weighted by Gasteiger charge is 2.33. The van der Waals surface area contributed by atoms with Crippen molar-refractivity contribution in [3.63, 3.8) is 0 Å². The molecule has 3 rings (SSSR count). The largest absolute Gasteiger partial charge is 0.460 e. The van der Waals surface area contributed by atoms with E-state index in [1.54, 1.807) is 31.4 Å². The second kappa shape index (κ2) is 7.27. The van der Waals surface area contributed by atoms with Crippen LogP contribution in [-0.2, 0) is 26.2 Å². The van der Waals surface area contributed by atoms with Gasteiger partial charge in [0, 0.05) is 13.1 Å². The van der Waals surface area contributed by atoms with Gasteiger partial charge >= 0.3 is 5.97 Å². The number of hydrogen-bond donors (Lipinski definition) is 0. The third kappa shape index (κ3) is 3.78. The zero-order chi connectivity index (χ0) is 18.0. The number of ether oxygens (including phenoxy) is 1. The molecule has 2 aromatic rings. The number of sulfonamides is 1. The number of carbonyl (C=O) groups excluding carboxylic acids is 1. The summed E-state index contributed by atoms with van der Waals surface area (Å²) in [5, 5.41) is 5.57. The molecule has 0 saturated carbocycles. The summed E-state index contributed by atoms with van der Waals surface area (Å²) in [6.45, 7) is 4.36. The highest BCUT2D eigenvalue weighted by molar-refractivity contribution is 7.91. The summed E-state index contributed by atoms with van der Waals surface area (Å²) < 4.78 is 37.2. The Hall–Kier alpha value is -1.71. The number of nitrogens with zero attached hydrogens (tertiary/aromatic N) is 2. The van der Waals surface area contributed by atoms with E-state index in [0.717, 1.165) is 5.56 Å². The topological polar surface area (TPSA) is 89.7 Å². The van der Waals surface area contributed by atoms with Crippen molar-refractivity contribution in [1.29, 1.82) is 0 Å². The van der Waals surface area contributed by atoms with Crippen LogP contribution in [0.4, 0.5) is 0 Å². The summed E-state index contributed by atoms with van der Waals surface area (Å²) in [6, 6.07) is 3.32. The Morgan fingerprint density at radius 1 is 1.40 bits per heavy atom. The zero-order valence-electron chi connectivity index (χ0n) is 14.1. The molecule has 0 aliphatic carbocycles. The first-order valence-electron chi connectivity index (χ1n) is 8.01. The number of carbonyl (C=O) groups is 1. The first-order valence-corrected chi connectivity index (χ1v) is 10.3. The Balaban J connectivity index is 1.54. The quantitative estimate of drug-likeness (QED) is 0.736. The molecule has 0 amide bonds. The summed E-state index contributed by atoms with van der Waals surface area (Å²) >= 11 is 1.20. The molecular formula is C16H20N2O5S2. The minimum absolute atomic E-state index is 0.133. The van der Waals surface area contributed by atoms with Crippen molar-refractivity contribution in [1.82, 2.24) is 9.46 Å². The van der Waals surface area contributed by atoms with Crippen LogP contribution in [0.25, 0.3) is 0 Å². The molecule has 3 heterocycles. The number of rotatable bonds is 5. The van der Waals surface area contributed by atoms with Gasteiger partial charge in [0.25, 0.3) is 10.0 Å². The molecule has 2 aromatic heterocycles. The summed E-state index contributed by atoms with van der Waals surface area (Å²) in [5.41, 5.74) is 1.49. The van der Waals surface area contributed by atoms with Gasteiger partial charge in [-0.2, -0.15) is 4.31 Å². The molecular weight excluding hydrogens is 364 g/mol. The van der Waals surface area contributed by atoms with Gasteiger partial charge in [-0.15, -0.1) is 11.3 Å². The van der Waals surface area contributed by atoms with Crippen molar-refractivity contribution >= 4 is 27.3 Å². The van der Waals surface area contributed by atoms with Gasteiger partial charge in [-0.05, 0) is 38.1 Å². The Kier molecular flexibility index (Phi) is 5.26. The van der Waals surface area contributed by atoms with Gasteiger partial charge in [0.2, 0.25) is 0 Å². The highest BCUT2D eigenvalue weighted by Crippen LogP contribution is 2.27. The van der Waals surface area contributed by atoms with Crippen LogP contribution in [0.5, 0.6) is 0 Å². The molecule has 0 N–H and O–H groups in total. The molecule has 9 heteroatoms. The van der Waals surface area contributed by atoms with Crippen LogP contribution in [0.15, 0.2) is 26.2 Å². The van der Waals surface area contributed by atoms with Crippen molar-refractivity contribution in [3.8, 4) is 0 Å². The molecule has 1 saturated heterocycles. The van der Waals surface area contributed by atoms with Crippen molar-refractivity contribution in [2.75, 3.05) is 13.1 Å². The van der Waals surface area contributed by atoms with Gasteiger partial charge in [0.05, 0.1) is 17.2 Å². The minimum atomic E-state index is -3.45. The summed E-state index contributed by atoms with van der Waals surface area (Å²) in [6.07, 6.45) is 0.927. The number of piperidine rings is 1. The second-order valence-electron chi connectivity index (χ2n) is 6.02. The van der Waals surface area contributed by atoms with Crippen molar-refractivity contribution in [3.05, 3.63) is 34.5 Å². The van der Waals surface area contributed by atoms with Crippen LogP contribution < -0.4 is 0 Å². The lowest BCUT2D eigenvalue weighted by Gasteiger charge is -2.29. The molecule has 1 aliphatic rings. The molecule has 0 atom stereocenters. The normalized spacial score (nSPS) is 16.9. The monoisotopic (exact) mass is 384 g/mol. The van der Waals surface area contributed by atoms with Crippen LogP contribution in [0, 0.1) is 19.8 Å². The lowest BCUT2D eigenvalue weighted by molar-refractivity contribution is -0.151. The zero-order valence-corrected chi connectivity index (χ0v) is 15.7. The number of thiophene rings is 1. The standard InChI is InChI=1S/C16H20N2O5S2/c1-11-14(12(2)23-17-11)10-22-16(19)13-5-7-18(8-6-13)25(20,21)15-4-3-9-24-15/h3-4,9,13H,5-8,10H2,1-2H3. The molecule has 0 bridgehead atoms. The van der Waals surface area contributed by atoms with Crippen LogP contribution in [0.3, 0.4) is 0 Å². The van der Waals surface area contributed by atoms with E-state index in [-0.39, 0.29) is 18.5 Å². The molecule has 0 spiro atoms. The predicted octanol–water partition coefficient (Wildman–Crippen LogP) is 2.50. The fourth-order valence-corrected chi connectivity index (χ4v) is 5.45. The van der Waals surface area contributed by atoms with Crippen molar-refractivity contribution < 1.29 is 22.5 Å². The summed E-state index contributed by atoms with van der Waals surface area (Å²) in [5.74, 6) is 0.0607. The van der Waals surface area contributed by atoms with E-state index in [0.29, 0.717) is 41.6 Å². The van der Waals surface area contributed by atoms with E-state index in [2.05, 4.69) is 5.16 Å². The Labute approximate surface area is 150 Å². The fourth-order valence-electron chi connectivity index (χ4n) is 2.84. The molecule has 25 heavy (non-hydrogen) atoms. The molecule has 0 unspecified atom stereocenters. The van der Waals surface area contributed by atoms with Gasteiger partial charge in [0.1, 0.15) is 16.6 Å². The van der Waals surface area contributed by atoms with Crippen molar-refractivity contribution in [2.24, 2.45) is 5.92 Å². The Morgan fingerprint density at radius 2 is 2.12 bits per heavy atom.